The van der Waals surface area contributed by atoms with E-state index in [1.165, 1.54) is 24.3 Å². The fourth-order valence-electron chi connectivity index (χ4n) is 3.24. The van der Waals surface area contributed by atoms with Crippen molar-refractivity contribution in [1.29, 1.82) is 0 Å². The van der Waals surface area contributed by atoms with Gasteiger partial charge in [-0.2, -0.15) is 0 Å². The van der Waals surface area contributed by atoms with Gasteiger partial charge < -0.3 is 14.4 Å². The van der Waals surface area contributed by atoms with Gasteiger partial charge >= 0.3 is 5.91 Å². The number of carbonyl (C=O) groups is 1. The van der Waals surface area contributed by atoms with Crippen LogP contribution < -0.4 is 4.74 Å². The van der Waals surface area contributed by atoms with Crippen LogP contribution in [0.4, 0.5) is 11.4 Å². The molecule has 0 atom stereocenters. The number of non-ortho nitro benzene ring substituents is 1. The molecular formula is C23H18N4O5. The Bertz CT molecular complexity index is 1300. The van der Waals surface area contributed by atoms with E-state index in [4.69, 9.17) is 4.74 Å². The summed E-state index contributed by atoms with van der Waals surface area (Å²) in [7, 11) is 0. The Balaban J connectivity index is 1.51. The Morgan fingerprint density at radius 1 is 1.00 bits per heavy atom. The molecule has 3 aromatic carbocycles. The van der Waals surface area contributed by atoms with E-state index in [1.807, 2.05) is 48.5 Å². The molecule has 0 saturated carbocycles. The third kappa shape index (κ3) is 4.46. The summed E-state index contributed by atoms with van der Waals surface area (Å²) < 4.78 is 7.00. The lowest BCUT2D eigenvalue weighted by Gasteiger charge is -2.06. The molecule has 9 nitrogen and oxygen atoms in total. The van der Waals surface area contributed by atoms with Gasteiger partial charge in [-0.15, -0.1) is 10.2 Å². The fraction of sp³-hybridized carbons (Fsp3) is 0.0870. The third-order valence-electron chi connectivity index (χ3n) is 4.77. The lowest BCUT2D eigenvalue weighted by molar-refractivity contribution is -0.384. The van der Waals surface area contributed by atoms with E-state index in [2.05, 4.69) is 10.2 Å². The van der Waals surface area contributed by atoms with Crippen molar-refractivity contribution in [3.63, 3.8) is 0 Å². The second kappa shape index (κ2) is 9.09. The van der Waals surface area contributed by atoms with E-state index in [0.29, 0.717) is 17.7 Å². The molecule has 0 radical (unpaired) electrons. The number of aromatic nitrogens is 1. The number of fused-ring (bicyclic) bond motifs is 1. The van der Waals surface area contributed by atoms with Crippen molar-refractivity contribution in [2.75, 3.05) is 6.61 Å². The van der Waals surface area contributed by atoms with Crippen molar-refractivity contribution in [3.05, 3.63) is 94.5 Å². The standard InChI is InChI=1S/C23H18N4O5/c28-21(15-32-18-12-10-17(11-13-18)27(30)31)24-25-22-19-8-4-5-9-20(19)26(23(22)29)14-16-6-2-1-3-7-16/h1-13,29H,14-15H2. The summed E-state index contributed by atoms with van der Waals surface area (Å²) in [5.74, 6) is -0.466. The molecule has 1 heterocycles. The summed E-state index contributed by atoms with van der Waals surface area (Å²) in [4.78, 5) is 22.3. The molecule has 160 valence electrons. The number of benzene rings is 3. The largest absolute Gasteiger partial charge is 0.493 e. The third-order valence-corrected chi connectivity index (χ3v) is 4.77. The number of nitrogens with zero attached hydrogens (tertiary/aromatic N) is 4. The molecule has 0 fully saturated rings. The maximum Gasteiger partial charge on any atom is 0.302 e. The van der Waals surface area contributed by atoms with Crippen LogP contribution in [-0.4, -0.2) is 27.1 Å². The summed E-state index contributed by atoms with van der Waals surface area (Å²) in [5, 5.41) is 29.8. The minimum atomic E-state index is -0.664. The Morgan fingerprint density at radius 2 is 1.69 bits per heavy atom. The predicted molar refractivity (Wildman–Crippen MR) is 117 cm³/mol. The summed E-state index contributed by atoms with van der Waals surface area (Å²) in [6.45, 7) is 0.0324. The number of nitro benzene ring substituents is 1. The van der Waals surface area contributed by atoms with Gasteiger partial charge in [0, 0.05) is 17.5 Å². The van der Waals surface area contributed by atoms with Crippen molar-refractivity contribution < 1.29 is 19.6 Å². The van der Waals surface area contributed by atoms with Crippen LogP contribution in [0, 0.1) is 10.1 Å². The molecular weight excluding hydrogens is 412 g/mol. The molecule has 0 aliphatic carbocycles. The maximum atomic E-state index is 12.1. The number of para-hydroxylation sites is 1. The van der Waals surface area contributed by atoms with Crippen molar-refractivity contribution in [2.45, 2.75) is 6.54 Å². The minimum absolute atomic E-state index is 0.0780. The Labute approximate surface area is 182 Å². The molecule has 0 aliphatic heterocycles. The van der Waals surface area contributed by atoms with Crippen molar-refractivity contribution in [1.82, 2.24) is 4.57 Å². The zero-order valence-electron chi connectivity index (χ0n) is 16.8. The minimum Gasteiger partial charge on any atom is -0.493 e. The van der Waals surface area contributed by atoms with E-state index in [0.717, 1.165) is 11.1 Å². The summed E-state index contributed by atoms with van der Waals surface area (Å²) in [6.07, 6.45) is 0. The molecule has 1 amide bonds. The zero-order valence-corrected chi connectivity index (χ0v) is 16.8. The number of rotatable bonds is 7. The van der Waals surface area contributed by atoms with Gasteiger partial charge in [-0.25, -0.2) is 0 Å². The predicted octanol–water partition coefficient (Wildman–Crippen LogP) is 4.99. The van der Waals surface area contributed by atoms with Gasteiger partial charge in [-0.05, 0) is 23.8 Å². The highest BCUT2D eigenvalue weighted by Gasteiger charge is 2.17. The van der Waals surface area contributed by atoms with E-state index in [9.17, 15) is 20.0 Å². The Morgan fingerprint density at radius 3 is 2.41 bits per heavy atom. The first kappa shape index (κ1) is 20.7. The fourth-order valence-corrected chi connectivity index (χ4v) is 3.24. The molecule has 0 unspecified atom stereocenters. The number of ether oxygens (including phenoxy) is 1. The molecule has 0 spiro atoms. The SMILES string of the molecule is O=C(COc1ccc([N+](=O)[O-])cc1)N=Nc1c(O)n(Cc2ccccc2)c2ccccc12. The first-order valence-corrected chi connectivity index (χ1v) is 9.69. The summed E-state index contributed by atoms with van der Waals surface area (Å²) >= 11 is 0. The van der Waals surface area contributed by atoms with Crippen LogP contribution in [-0.2, 0) is 11.3 Å². The van der Waals surface area contributed by atoms with Gasteiger partial charge in [0.1, 0.15) is 5.75 Å². The lowest BCUT2D eigenvalue weighted by Crippen LogP contribution is -2.07. The number of azo groups is 1. The van der Waals surface area contributed by atoms with Gasteiger partial charge in [0.25, 0.3) is 5.69 Å². The van der Waals surface area contributed by atoms with Crippen molar-refractivity contribution in [2.24, 2.45) is 10.2 Å². The first-order chi connectivity index (χ1) is 15.5. The van der Waals surface area contributed by atoms with E-state index >= 15 is 0 Å². The second-order valence-electron chi connectivity index (χ2n) is 6.89. The number of nitro groups is 1. The maximum absolute atomic E-state index is 12.1. The average Bonchev–Trinajstić information content (AvgIpc) is 3.08. The average molecular weight is 430 g/mol. The van der Waals surface area contributed by atoms with Crippen LogP contribution in [0.1, 0.15) is 5.56 Å². The zero-order chi connectivity index (χ0) is 22.5. The van der Waals surface area contributed by atoms with Crippen LogP contribution in [0.3, 0.4) is 0 Å². The van der Waals surface area contributed by atoms with E-state index < -0.39 is 17.4 Å². The lowest BCUT2D eigenvalue weighted by atomic mass is 10.2. The highest BCUT2D eigenvalue weighted by atomic mass is 16.6. The van der Waals surface area contributed by atoms with Crippen molar-refractivity contribution >= 4 is 28.2 Å². The molecule has 32 heavy (non-hydrogen) atoms. The van der Waals surface area contributed by atoms with Gasteiger partial charge in [0.15, 0.2) is 12.3 Å². The number of amides is 1. The van der Waals surface area contributed by atoms with Gasteiger partial charge in [0.05, 0.1) is 17.0 Å². The van der Waals surface area contributed by atoms with Crippen LogP contribution in [0.15, 0.2) is 89.1 Å². The normalized spacial score (nSPS) is 11.1. The van der Waals surface area contributed by atoms with Crippen LogP contribution in [0.5, 0.6) is 11.6 Å². The molecule has 4 aromatic rings. The highest BCUT2D eigenvalue weighted by Crippen LogP contribution is 2.39. The topological polar surface area (TPSA) is 119 Å². The monoisotopic (exact) mass is 430 g/mol. The van der Waals surface area contributed by atoms with Crippen LogP contribution in [0.2, 0.25) is 0 Å². The summed E-state index contributed by atoms with van der Waals surface area (Å²) in [6, 6.07) is 22.3. The number of hydrogen-bond donors (Lipinski definition) is 1. The molecule has 1 aromatic heterocycles. The van der Waals surface area contributed by atoms with Crippen LogP contribution in [0.25, 0.3) is 10.9 Å². The molecule has 9 heteroatoms. The van der Waals surface area contributed by atoms with Crippen LogP contribution >= 0.6 is 0 Å². The number of aromatic hydroxyl groups is 1. The molecule has 0 aliphatic rings. The molecule has 1 N–H and O–H groups in total. The smallest absolute Gasteiger partial charge is 0.302 e. The Hall–Kier alpha value is -4.53. The second-order valence-corrected chi connectivity index (χ2v) is 6.89. The molecule has 0 bridgehead atoms. The van der Waals surface area contributed by atoms with Gasteiger partial charge in [-0.3, -0.25) is 14.9 Å². The Kier molecular flexibility index (Phi) is 5.89. The van der Waals surface area contributed by atoms with E-state index in [-0.39, 0.29) is 17.3 Å². The van der Waals surface area contributed by atoms with E-state index in [1.54, 1.807) is 10.6 Å². The molecule has 4 rings (SSSR count). The van der Waals surface area contributed by atoms with Crippen molar-refractivity contribution in [3.8, 4) is 11.6 Å². The molecule has 0 saturated heterocycles. The summed E-state index contributed by atoms with van der Waals surface area (Å²) in [5.41, 5.74) is 1.88. The highest BCUT2D eigenvalue weighted by molar-refractivity contribution is 5.95. The van der Waals surface area contributed by atoms with Gasteiger partial charge in [0.2, 0.25) is 5.88 Å². The number of carbonyl (C=O) groups excluding carboxylic acids is 1. The quantitative estimate of drug-likeness (QED) is 0.252. The number of hydrogen-bond acceptors (Lipinski definition) is 6. The van der Waals surface area contributed by atoms with Gasteiger partial charge in [-0.1, -0.05) is 48.5 Å². The first-order valence-electron chi connectivity index (χ1n) is 9.69.